The van der Waals surface area contributed by atoms with Crippen LogP contribution in [0.15, 0.2) is 60.7 Å². The van der Waals surface area contributed by atoms with Crippen molar-refractivity contribution in [3.8, 4) is 0 Å². The molecule has 0 saturated carbocycles. The molecule has 0 fully saturated rings. The fourth-order valence-electron chi connectivity index (χ4n) is 2.75. The van der Waals surface area contributed by atoms with E-state index in [1.807, 2.05) is 74.5 Å². The summed E-state index contributed by atoms with van der Waals surface area (Å²) >= 11 is 0. The Morgan fingerprint density at radius 3 is 2.07 bits per heavy atom. The van der Waals surface area contributed by atoms with Gasteiger partial charge in [-0.05, 0) is 29.9 Å². The van der Waals surface area contributed by atoms with Gasteiger partial charge in [0.1, 0.15) is 12.6 Å². The SMILES string of the molecule is CC(C)CC(NC(=O)C(N)Cc1ccccc1)C(=O)OCc1ccccc1. The molecule has 0 aliphatic rings. The van der Waals surface area contributed by atoms with Crippen LogP contribution in [0.5, 0.6) is 0 Å². The molecule has 2 unspecified atom stereocenters. The minimum atomic E-state index is -0.719. The number of rotatable bonds is 9. The Morgan fingerprint density at radius 2 is 1.52 bits per heavy atom. The van der Waals surface area contributed by atoms with Crippen molar-refractivity contribution in [2.75, 3.05) is 0 Å². The van der Waals surface area contributed by atoms with E-state index in [4.69, 9.17) is 10.5 Å². The fraction of sp³-hybridized carbons (Fsp3) is 0.364. The zero-order chi connectivity index (χ0) is 19.6. The van der Waals surface area contributed by atoms with Crippen molar-refractivity contribution in [3.05, 3.63) is 71.8 Å². The smallest absolute Gasteiger partial charge is 0.328 e. The summed E-state index contributed by atoms with van der Waals surface area (Å²) in [6.07, 6.45) is 0.914. The molecule has 0 aliphatic heterocycles. The van der Waals surface area contributed by atoms with Gasteiger partial charge in [-0.2, -0.15) is 0 Å². The lowest BCUT2D eigenvalue weighted by atomic mass is 10.0. The summed E-state index contributed by atoms with van der Waals surface area (Å²) in [6, 6.07) is 17.6. The average Bonchev–Trinajstić information content (AvgIpc) is 2.66. The molecule has 3 N–H and O–H groups in total. The van der Waals surface area contributed by atoms with Crippen LogP contribution in [-0.2, 0) is 27.4 Å². The lowest BCUT2D eigenvalue weighted by Crippen LogP contribution is -2.50. The third-order valence-corrected chi connectivity index (χ3v) is 4.17. The summed E-state index contributed by atoms with van der Waals surface area (Å²) < 4.78 is 5.40. The first kappa shape index (κ1) is 20.6. The number of benzene rings is 2. The largest absolute Gasteiger partial charge is 0.459 e. The molecule has 27 heavy (non-hydrogen) atoms. The second-order valence-corrected chi connectivity index (χ2v) is 7.08. The van der Waals surface area contributed by atoms with Gasteiger partial charge >= 0.3 is 5.97 Å². The molecule has 2 rings (SSSR count). The molecule has 0 bridgehead atoms. The molecule has 0 aliphatic carbocycles. The van der Waals surface area contributed by atoms with Crippen LogP contribution in [0.25, 0.3) is 0 Å². The molecule has 144 valence electrons. The van der Waals surface area contributed by atoms with Crippen molar-refractivity contribution < 1.29 is 14.3 Å². The number of amides is 1. The maximum atomic E-state index is 12.5. The number of hydrogen-bond acceptors (Lipinski definition) is 4. The molecular formula is C22H28N2O3. The average molecular weight is 368 g/mol. The van der Waals surface area contributed by atoms with Crippen molar-refractivity contribution in [3.63, 3.8) is 0 Å². The van der Waals surface area contributed by atoms with Gasteiger partial charge in [0.05, 0.1) is 6.04 Å². The molecule has 2 atom stereocenters. The highest BCUT2D eigenvalue weighted by atomic mass is 16.5. The maximum absolute atomic E-state index is 12.5. The Kier molecular flexibility index (Phi) is 8.01. The number of esters is 1. The molecule has 5 nitrogen and oxygen atoms in total. The standard InChI is InChI=1S/C22H28N2O3/c1-16(2)13-20(22(26)27-15-18-11-7-4-8-12-18)24-21(25)19(23)14-17-9-5-3-6-10-17/h3-12,16,19-20H,13-15,23H2,1-2H3,(H,24,25). The summed E-state index contributed by atoms with van der Waals surface area (Å²) in [6.45, 7) is 4.17. The maximum Gasteiger partial charge on any atom is 0.328 e. The highest BCUT2D eigenvalue weighted by molar-refractivity contribution is 5.87. The summed E-state index contributed by atoms with van der Waals surface area (Å²) in [7, 11) is 0. The topological polar surface area (TPSA) is 81.4 Å². The molecule has 1 amide bonds. The number of hydrogen-bond donors (Lipinski definition) is 2. The molecule has 0 heterocycles. The van der Waals surface area contributed by atoms with E-state index in [0.29, 0.717) is 12.8 Å². The van der Waals surface area contributed by atoms with Crippen LogP contribution >= 0.6 is 0 Å². The minimum absolute atomic E-state index is 0.181. The van der Waals surface area contributed by atoms with E-state index in [1.165, 1.54) is 0 Å². The first-order chi connectivity index (χ1) is 13.0. The van der Waals surface area contributed by atoms with Gasteiger partial charge in [-0.15, -0.1) is 0 Å². The predicted molar refractivity (Wildman–Crippen MR) is 106 cm³/mol. The number of ether oxygens (including phenoxy) is 1. The van der Waals surface area contributed by atoms with Gasteiger partial charge in [0.15, 0.2) is 0 Å². The lowest BCUT2D eigenvalue weighted by molar-refractivity contribution is -0.149. The molecule has 5 heteroatoms. The zero-order valence-electron chi connectivity index (χ0n) is 15.9. The monoisotopic (exact) mass is 368 g/mol. The molecule has 0 spiro atoms. The van der Waals surface area contributed by atoms with Crippen LogP contribution in [0.3, 0.4) is 0 Å². The zero-order valence-corrected chi connectivity index (χ0v) is 15.9. The van der Waals surface area contributed by atoms with E-state index in [2.05, 4.69) is 5.32 Å². The number of carbonyl (C=O) groups is 2. The summed E-state index contributed by atoms with van der Waals surface area (Å²) in [5, 5.41) is 2.77. The van der Waals surface area contributed by atoms with Gasteiger partial charge in [0.25, 0.3) is 0 Å². The van der Waals surface area contributed by atoms with Gasteiger partial charge in [-0.25, -0.2) is 4.79 Å². The summed E-state index contributed by atoms with van der Waals surface area (Å²) in [4.78, 5) is 25.0. The Hall–Kier alpha value is -2.66. The van der Waals surface area contributed by atoms with Gasteiger partial charge < -0.3 is 15.8 Å². The highest BCUT2D eigenvalue weighted by Gasteiger charge is 2.26. The number of carbonyl (C=O) groups excluding carboxylic acids is 2. The van der Waals surface area contributed by atoms with Crippen molar-refractivity contribution >= 4 is 11.9 Å². The fourth-order valence-corrected chi connectivity index (χ4v) is 2.75. The van der Waals surface area contributed by atoms with E-state index in [0.717, 1.165) is 11.1 Å². The van der Waals surface area contributed by atoms with Crippen molar-refractivity contribution in [2.45, 2.75) is 45.4 Å². The molecular weight excluding hydrogens is 340 g/mol. The minimum Gasteiger partial charge on any atom is -0.459 e. The van der Waals surface area contributed by atoms with Crippen molar-refractivity contribution in [2.24, 2.45) is 11.7 Å². The van der Waals surface area contributed by atoms with Gasteiger partial charge in [-0.3, -0.25) is 4.79 Å². The van der Waals surface area contributed by atoms with Crippen molar-refractivity contribution in [1.82, 2.24) is 5.32 Å². The quantitative estimate of drug-likeness (QED) is 0.667. The molecule has 2 aromatic rings. The van der Waals surface area contributed by atoms with E-state index in [9.17, 15) is 9.59 Å². The van der Waals surface area contributed by atoms with Crippen LogP contribution in [-0.4, -0.2) is 24.0 Å². The van der Waals surface area contributed by atoms with E-state index < -0.39 is 18.1 Å². The van der Waals surface area contributed by atoms with Crippen LogP contribution in [0.1, 0.15) is 31.4 Å². The van der Waals surface area contributed by atoms with Gasteiger partial charge in [0, 0.05) is 0 Å². The Bertz CT molecular complexity index is 717. The molecule has 0 radical (unpaired) electrons. The Labute approximate surface area is 160 Å². The Balaban J connectivity index is 1.93. The second kappa shape index (κ2) is 10.5. The van der Waals surface area contributed by atoms with Crippen molar-refractivity contribution in [1.29, 1.82) is 0 Å². The normalized spacial score (nSPS) is 13.0. The molecule has 0 aromatic heterocycles. The lowest BCUT2D eigenvalue weighted by Gasteiger charge is -2.21. The van der Waals surface area contributed by atoms with Gasteiger partial charge in [-0.1, -0.05) is 74.5 Å². The van der Waals surface area contributed by atoms with E-state index >= 15 is 0 Å². The first-order valence-electron chi connectivity index (χ1n) is 9.26. The highest BCUT2D eigenvalue weighted by Crippen LogP contribution is 2.10. The molecule has 0 saturated heterocycles. The predicted octanol–water partition coefficient (Wildman–Crippen LogP) is 2.83. The van der Waals surface area contributed by atoms with E-state index in [-0.39, 0.29) is 18.4 Å². The third-order valence-electron chi connectivity index (χ3n) is 4.17. The first-order valence-corrected chi connectivity index (χ1v) is 9.26. The molecule has 2 aromatic carbocycles. The summed E-state index contributed by atoms with van der Waals surface area (Å²) in [5.74, 6) is -0.557. The second-order valence-electron chi connectivity index (χ2n) is 7.08. The van der Waals surface area contributed by atoms with Crippen LogP contribution in [0, 0.1) is 5.92 Å². The summed E-state index contributed by atoms with van der Waals surface area (Å²) in [5.41, 5.74) is 7.91. The van der Waals surface area contributed by atoms with Gasteiger partial charge in [0.2, 0.25) is 5.91 Å². The van der Waals surface area contributed by atoms with E-state index in [1.54, 1.807) is 0 Å². The number of nitrogens with one attached hydrogen (secondary N) is 1. The Morgan fingerprint density at radius 1 is 0.963 bits per heavy atom. The van der Waals surface area contributed by atoms with Crippen LogP contribution < -0.4 is 11.1 Å². The number of nitrogens with two attached hydrogens (primary N) is 1. The third kappa shape index (κ3) is 7.23. The van der Waals surface area contributed by atoms with Crippen LogP contribution in [0.4, 0.5) is 0 Å². The van der Waals surface area contributed by atoms with Crippen LogP contribution in [0.2, 0.25) is 0 Å².